The summed E-state index contributed by atoms with van der Waals surface area (Å²) in [5.74, 6) is 0.643. The van der Waals surface area contributed by atoms with E-state index >= 15 is 0 Å². The molecule has 3 aliphatic rings. The second kappa shape index (κ2) is 12.6. The molecule has 0 aromatic heterocycles. The number of amides is 1. The van der Waals surface area contributed by atoms with Crippen LogP contribution in [-0.2, 0) is 26.0 Å². The molecular weight excluding hydrogens is 504 g/mol. The number of fused-ring (bicyclic) bond motifs is 1. The van der Waals surface area contributed by atoms with Crippen molar-refractivity contribution in [2.45, 2.75) is 75.9 Å². The SMILES string of the molecule is COc1cc(C)c2c(c1)CCN(CCOCC(=O)N(C)[C@H]1CCC[C@@H](N3CCN(C(C)C)CC3)C1)S2(=O)=O. The van der Waals surface area contributed by atoms with Crippen molar-refractivity contribution in [2.75, 3.05) is 66.6 Å². The summed E-state index contributed by atoms with van der Waals surface area (Å²) in [5.41, 5.74) is 1.48. The molecule has 1 aromatic carbocycles. The minimum atomic E-state index is -3.60. The number of hydrogen-bond donors (Lipinski definition) is 0. The number of nitrogens with zero attached hydrogens (tertiary/aromatic N) is 4. The Morgan fingerprint density at radius 2 is 1.87 bits per heavy atom. The van der Waals surface area contributed by atoms with Crippen molar-refractivity contribution in [1.82, 2.24) is 19.0 Å². The molecule has 4 rings (SSSR count). The van der Waals surface area contributed by atoms with E-state index in [1.165, 1.54) is 10.7 Å². The number of aryl methyl sites for hydroxylation is 1. The Balaban J connectivity index is 1.23. The summed E-state index contributed by atoms with van der Waals surface area (Å²) in [4.78, 5) is 20.3. The maximum Gasteiger partial charge on any atom is 0.248 e. The van der Waals surface area contributed by atoms with E-state index in [0.29, 0.717) is 41.3 Å². The average Bonchev–Trinajstić information content (AvgIpc) is 2.91. The normalized spacial score (nSPS) is 24.8. The lowest BCUT2D eigenvalue weighted by atomic mass is 9.88. The fourth-order valence-electron chi connectivity index (χ4n) is 6.28. The molecular formula is C28H46N4O5S. The highest BCUT2D eigenvalue weighted by Crippen LogP contribution is 2.32. The molecule has 1 saturated carbocycles. The van der Waals surface area contributed by atoms with Gasteiger partial charge in [0.1, 0.15) is 12.4 Å². The Bertz CT molecular complexity index is 1070. The molecule has 2 aliphatic heterocycles. The number of likely N-dealkylation sites (N-methyl/N-ethyl adjacent to an activating group) is 1. The van der Waals surface area contributed by atoms with Crippen molar-refractivity contribution in [2.24, 2.45) is 0 Å². The highest BCUT2D eigenvalue weighted by Gasteiger charge is 2.34. The van der Waals surface area contributed by atoms with Crippen LogP contribution in [-0.4, -0.2) is 118 Å². The van der Waals surface area contributed by atoms with E-state index in [2.05, 4.69) is 23.6 Å². The van der Waals surface area contributed by atoms with Crippen LogP contribution in [0.1, 0.15) is 50.7 Å². The first kappa shape index (κ1) is 29.3. The van der Waals surface area contributed by atoms with Crippen LogP contribution in [0.2, 0.25) is 0 Å². The number of sulfonamides is 1. The summed E-state index contributed by atoms with van der Waals surface area (Å²) >= 11 is 0. The van der Waals surface area contributed by atoms with Gasteiger partial charge in [0.05, 0.1) is 18.6 Å². The zero-order valence-corrected chi connectivity index (χ0v) is 24.6. The van der Waals surface area contributed by atoms with E-state index in [9.17, 15) is 13.2 Å². The molecule has 2 fully saturated rings. The number of ether oxygens (including phenoxy) is 2. The Morgan fingerprint density at radius 1 is 1.13 bits per heavy atom. The highest BCUT2D eigenvalue weighted by molar-refractivity contribution is 7.89. The summed E-state index contributed by atoms with van der Waals surface area (Å²) in [7, 11) is -0.130. The largest absolute Gasteiger partial charge is 0.497 e. The van der Waals surface area contributed by atoms with E-state index in [0.717, 1.165) is 51.0 Å². The van der Waals surface area contributed by atoms with Crippen LogP contribution in [0.25, 0.3) is 0 Å². The molecule has 0 spiro atoms. The van der Waals surface area contributed by atoms with Crippen molar-refractivity contribution in [1.29, 1.82) is 0 Å². The Morgan fingerprint density at radius 3 is 2.55 bits per heavy atom. The molecule has 1 aromatic rings. The second-order valence-electron chi connectivity index (χ2n) is 11.3. The maximum absolute atomic E-state index is 13.2. The third kappa shape index (κ3) is 6.53. The summed E-state index contributed by atoms with van der Waals surface area (Å²) < 4.78 is 38.9. The zero-order chi connectivity index (χ0) is 27.4. The molecule has 0 unspecified atom stereocenters. The van der Waals surface area contributed by atoms with Gasteiger partial charge in [-0.05, 0) is 76.1 Å². The fourth-order valence-corrected chi connectivity index (χ4v) is 8.15. The van der Waals surface area contributed by atoms with Crippen LogP contribution >= 0.6 is 0 Å². The molecule has 10 heteroatoms. The van der Waals surface area contributed by atoms with Gasteiger partial charge < -0.3 is 14.4 Å². The van der Waals surface area contributed by atoms with Crippen molar-refractivity contribution in [3.05, 3.63) is 23.3 Å². The van der Waals surface area contributed by atoms with E-state index in [4.69, 9.17) is 9.47 Å². The van der Waals surface area contributed by atoms with Crippen LogP contribution in [0.15, 0.2) is 17.0 Å². The van der Waals surface area contributed by atoms with Gasteiger partial charge >= 0.3 is 0 Å². The third-order valence-electron chi connectivity index (χ3n) is 8.66. The van der Waals surface area contributed by atoms with E-state index < -0.39 is 10.0 Å². The standard InChI is InChI=1S/C28H46N4O5S/c1-21(2)30-11-13-31(14-12-30)25-8-6-7-24(19-25)29(4)27(33)20-37-16-15-32-10-9-23-18-26(36-5)17-22(3)28(23)38(32,34)35/h17-18,21,24-25H,6-16,19-20H2,1-5H3/t24-,25+/m0/s1. The predicted octanol–water partition coefficient (Wildman–Crippen LogP) is 2.36. The predicted molar refractivity (Wildman–Crippen MR) is 148 cm³/mol. The molecule has 2 heterocycles. The average molecular weight is 551 g/mol. The van der Waals surface area contributed by atoms with Gasteiger partial charge in [-0.15, -0.1) is 0 Å². The molecule has 9 nitrogen and oxygen atoms in total. The molecule has 1 aliphatic carbocycles. The first-order chi connectivity index (χ1) is 18.1. The first-order valence-corrected chi connectivity index (χ1v) is 15.5. The minimum absolute atomic E-state index is 0.0224. The van der Waals surface area contributed by atoms with Crippen LogP contribution in [0.4, 0.5) is 0 Å². The summed E-state index contributed by atoms with van der Waals surface area (Å²) in [5, 5.41) is 0. The highest BCUT2D eigenvalue weighted by atomic mass is 32.2. The third-order valence-corrected chi connectivity index (χ3v) is 10.8. The second-order valence-corrected chi connectivity index (χ2v) is 13.2. The van der Waals surface area contributed by atoms with Crippen molar-refractivity contribution in [3.63, 3.8) is 0 Å². The number of methoxy groups -OCH3 is 1. The van der Waals surface area contributed by atoms with Crippen LogP contribution in [0.3, 0.4) is 0 Å². The fraction of sp³-hybridized carbons (Fsp3) is 0.750. The van der Waals surface area contributed by atoms with Gasteiger partial charge in [-0.25, -0.2) is 8.42 Å². The lowest BCUT2D eigenvalue weighted by Gasteiger charge is -2.44. The van der Waals surface area contributed by atoms with Gasteiger partial charge in [-0.1, -0.05) is 0 Å². The Hall–Kier alpha value is -1.72. The van der Waals surface area contributed by atoms with Crippen LogP contribution < -0.4 is 4.74 Å². The first-order valence-electron chi connectivity index (χ1n) is 14.1. The van der Waals surface area contributed by atoms with E-state index in [-0.39, 0.29) is 31.7 Å². The summed E-state index contributed by atoms with van der Waals surface area (Å²) in [6.45, 7) is 11.6. The van der Waals surface area contributed by atoms with Gasteiger partial charge in [-0.2, -0.15) is 4.31 Å². The number of benzene rings is 1. The van der Waals surface area contributed by atoms with Gasteiger partial charge in [-0.3, -0.25) is 14.6 Å². The molecule has 0 radical (unpaired) electrons. The number of rotatable bonds is 9. The zero-order valence-electron chi connectivity index (χ0n) is 23.8. The van der Waals surface area contributed by atoms with E-state index in [1.807, 2.05) is 18.0 Å². The van der Waals surface area contributed by atoms with E-state index in [1.54, 1.807) is 20.1 Å². The molecule has 214 valence electrons. The summed E-state index contributed by atoms with van der Waals surface area (Å²) in [6.07, 6.45) is 5.01. The quantitative estimate of drug-likeness (QED) is 0.437. The van der Waals surface area contributed by atoms with Gasteiger partial charge in [0.15, 0.2) is 0 Å². The number of piperazine rings is 1. The molecule has 1 saturated heterocycles. The molecule has 2 atom stereocenters. The maximum atomic E-state index is 13.2. The van der Waals surface area contributed by atoms with Crippen molar-refractivity contribution in [3.8, 4) is 5.75 Å². The number of hydrogen-bond acceptors (Lipinski definition) is 7. The summed E-state index contributed by atoms with van der Waals surface area (Å²) in [6, 6.07) is 4.93. The van der Waals surface area contributed by atoms with Crippen LogP contribution in [0, 0.1) is 6.92 Å². The van der Waals surface area contributed by atoms with Crippen LogP contribution in [0.5, 0.6) is 5.75 Å². The monoisotopic (exact) mass is 550 g/mol. The lowest BCUT2D eigenvalue weighted by Crippen LogP contribution is -2.54. The minimum Gasteiger partial charge on any atom is -0.497 e. The van der Waals surface area contributed by atoms with Gasteiger partial charge in [0.2, 0.25) is 15.9 Å². The molecule has 38 heavy (non-hydrogen) atoms. The Labute approximate surface area is 229 Å². The van der Waals surface area contributed by atoms with Gasteiger partial charge in [0.25, 0.3) is 0 Å². The molecule has 0 N–H and O–H groups in total. The van der Waals surface area contributed by atoms with Crippen molar-refractivity contribution < 1.29 is 22.7 Å². The lowest BCUT2D eigenvalue weighted by molar-refractivity contribution is -0.138. The number of carbonyl (C=O) groups is 1. The van der Waals surface area contributed by atoms with Crippen molar-refractivity contribution >= 4 is 15.9 Å². The number of carbonyl (C=O) groups excluding carboxylic acids is 1. The molecule has 1 amide bonds. The molecule has 0 bridgehead atoms. The smallest absolute Gasteiger partial charge is 0.248 e. The Kier molecular flexibility index (Phi) is 9.73. The van der Waals surface area contributed by atoms with Gasteiger partial charge in [0, 0.05) is 64.4 Å². The topological polar surface area (TPSA) is 82.6 Å².